The second-order valence-corrected chi connectivity index (χ2v) is 8.96. The van der Waals surface area contributed by atoms with Gasteiger partial charge < -0.3 is 19.4 Å². The van der Waals surface area contributed by atoms with Crippen molar-refractivity contribution in [2.75, 3.05) is 0 Å². The van der Waals surface area contributed by atoms with Crippen LogP contribution in [0.2, 0.25) is 0 Å². The summed E-state index contributed by atoms with van der Waals surface area (Å²) < 4.78 is 0. The van der Waals surface area contributed by atoms with Crippen LogP contribution in [0.25, 0.3) is 11.1 Å². The number of hydrogen-bond acceptors (Lipinski definition) is 0. The minimum Gasteiger partial charge on any atom is -0.348 e. The van der Waals surface area contributed by atoms with Crippen LogP contribution in [0.4, 0.5) is 0 Å². The number of rotatable bonds is 14. The van der Waals surface area contributed by atoms with Crippen LogP contribution in [0, 0.1) is 13.8 Å². The molecule has 0 aliphatic rings. The van der Waals surface area contributed by atoms with Gasteiger partial charge >= 0.3 is 26.3 Å². The van der Waals surface area contributed by atoms with Gasteiger partial charge in [0, 0.05) is 0 Å². The molecular weight excluding hydrogens is 555 g/mol. The quantitative estimate of drug-likeness (QED) is 0.0390. The maximum Gasteiger partial charge on any atom is 2.00 e. The molecule has 0 aliphatic carbocycles. The van der Waals surface area contributed by atoms with Crippen LogP contribution >= 0.6 is 0 Å². The summed E-state index contributed by atoms with van der Waals surface area (Å²) in [5.74, 6) is 2.95. The summed E-state index contributed by atoms with van der Waals surface area (Å²) >= 11 is 0. The van der Waals surface area contributed by atoms with Crippen molar-refractivity contribution in [3.8, 4) is 0 Å². The molecular formula is C35H52N2Pd. The van der Waals surface area contributed by atoms with Crippen LogP contribution in [0.5, 0.6) is 0 Å². The molecule has 0 N–H and O–H groups in total. The number of aryl methyl sites for hydroxylation is 2. The van der Waals surface area contributed by atoms with Crippen LogP contribution in [-0.4, -0.2) is 10.7 Å². The summed E-state index contributed by atoms with van der Waals surface area (Å²) in [5, 5.41) is 0. The first-order chi connectivity index (χ1) is 18.2. The molecule has 0 amide bonds. The molecule has 0 aromatic heterocycles. The van der Waals surface area contributed by atoms with Crippen LogP contribution in [0.3, 0.4) is 0 Å². The van der Waals surface area contributed by atoms with Crippen LogP contribution < -0.4 is 0 Å². The molecule has 0 atom stereocenters. The Kier molecular flexibility index (Phi) is 25.4. The van der Waals surface area contributed by atoms with Gasteiger partial charge in [-0.3, -0.25) is 0 Å². The average molecular weight is 607 g/mol. The molecule has 38 heavy (non-hydrogen) atoms. The first kappa shape index (κ1) is 38.2. The fourth-order valence-electron chi connectivity index (χ4n) is 4.31. The summed E-state index contributed by atoms with van der Waals surface area (Å²) in [5.41, 5.74) is 18.2. The summed E-state index contributed by atoms with van der Waals surface area (Å²) in [7, 11) is 0. The number of unbranched alkanes of at least 4 members (excludes halogenated alkanes) is 4. The maximum absolute atomic E-state index is 9.41. The van der Waals surface area contributed by atoms with Gasteiger partial charge in [0.05, 0.1) is 5.57 Å². The van der Waals surface area contributed by atoms with Gasteiger partial charge in [0.2, 0.25) is 0 Å². The molecule has 0 fully saturated rings. The van der Waals surface area contributed by atoms with Crippen LogP contribution in [0.1, 0.15) is 122 Å². The number of nitrogens with zero attached hydrogens (tertiary/aromatic N) is 2. The second-order valence-electron chi connectivity index (χ2n) is 8.96. The number of benzene rings is 2. The molecule has 0 aliphatic heterocycles. The fourth-order valence-corrected chi connectivity index (χ4v) is 4.31. The minimum atomic E-state index is 0. The van der Waals surface area contributed by atoms with E-state index in [-0.39, 0.29) is 20.4 Å². The average Bonchev–Trinajstić information content (AvgIpc) is 2.96. The van der Waals surface area contributed by atoms with Gasteiger partial charge in [-0.05, 0) is 78.3 Å². The standard InChI is InChI=1S/C31H42N2.2C2H5.Pd/c1-5-9-12-13-26-18-22-28(23-19-26)31(27-20-16-25(8-4)17-21-27)30(15-11-7-3)29(24-33-32)14-10-6-2;2*1-2;/h16-23H,5-15H2,1-4H3;2*1H2,2H3;/q;2*-1;+2. The molecule has 212 valence electrons. The van der Waals surface area contributed by atoms with Crippen molar-refractivity contribution in [1.29, 1.82) is 0 Å². The van der Waals surface area contributed by atoms with Crippen molar-refractivity contribution in [2.45, 2.75) is 112 Å². The van der Waals surface area contributed by atoms with Gasteiger partial charge in [-0.1, -0.05) is 102 Å². The maximum atomic E-state index is 9.41. The molecule has 2 aromatic rings. The Morgan fingerprint density at radius 1 is 0.684 bits per heavy atom. The van der Waals surface area contributed by atoms with E-state index in [0.29, 0.717) is 0 Å². The predicted octanol–water partition coefficient (Wildman–Crippen LogP) is 10.7. The van der Waals surface area contributed by atoms with Gasteiger partial charge in [-0.15, -0.1) is 4.79 Å². The Balaban J connectivity index is 0. The van der Waals surface area contributed by atoms with E-state index in [1.807, 2.05) is 0 Å². The van der Waals surface area contributed by atoms with Crippen molar-refractivity contribution in [2.24, 2.45) is 0 Å². The van der Waals surface area contributed by atoms with Crippen molar-refractivity contribution in [3.05, 3.63) is 101 Å². The van der Waals surface area contributed by atoms with Crippen LogP contribution in [-0.2, 0) is 33.3 Å². The van der Waals surface area contributed by atoms with Crippen molar-refractivity contribution >= 4 is 11.4 Å². The summed E-state index contributed by atoms with van der Waals surface area (Å²) in [4.78, 5) is 3.35. The largest absolute Gasteiger partial charge is 2.00 e. The van der Waals surface area contributed by atoms with Gasteiger partial charge in [-0.25, -0.2) is 0 Å². The molecule has 2 aromatic carbocycles. The number of allylic oxidation sites excluding steroid dienone is 2. The molecule has 0 bridgehead atoms. The van der Waals surface area contributed by atoms with E-state index in [1.165, 1.54) is 52.7 Å². The normalized spacial score (nSPS) is 10.3. The SMILES string of the molecule is CCCCCc1ccc(C(=C(CCCC)C(=C=[N+]=[N-])CCCC)c2ccc(CC)cc2)cc1.[CH2-]C.[CH2-]C.[Pd+2]. The Labute approximate surface area is 249 Å². The molecule has 0 saturated carbocycles. The van der Waals surface area contributed by atoms with Gasteiger partial charge in [-0.2, -0.15) is 13.8 Å². The van der Waals surface area contributed by atoms with Gasteiger partial charge in [0.1, 0.15) is 0 Å². The molecule has 0 unspecified atom stereocenters. The Morgan fingerprint density at radius 3 is 1.61 bits per heavy atom. The van der Waals surface area contributed by atoms with Crippen molar-refractivity contribution < 1.29 is 25.2 Å². The van der Waals surface area contributed by atoms with E-state index in [1.54, 1.807) is 13.8 Å². The minimum absolute atomic E-state index is 0. The monoisotopic (exact) mass is 606 g/mol. The Morgan fingerprint density at radius 2 is 1.16 bits per heavy atom. The topological polar surface area (TPSA) is 36.4 Å². The third-order valence-corrected chi connectivity index (χ3v) is 6.37. The van der Waals surface area contributed by atoms with E-state index in [2.05, 4.69) is 101 Å². The first-order valence-electron chi connectivity index (χ1n) is 14.5. The molecule has 0 saturated heterocycles. The smallest absolute Gasteiger partial charge is 0.348 e. The molecule has 3 heteroatoms. The Hall–Kier alpha value is -2.00. The molecule has 0 radical (unpaired) electrons. The van der Waals surface area contributed by atoms with Crippen LogP contribution in [0.15, 0.2) is 59.7 Å². The second kappa shape index (κ2) is 25.3. The van der Waals surface area contributed by atoms with E-state index in [0.717, 1.165) is 56.9 Å². The van der Waals surface area contributed by atoms with E-state index in [9.17, 15) is 5.53 Å². The van der Waals surface area contributed by atoms with E-state index < -0.39 is 0 Å². The summed E-state index contributed by atoms with van der Waals surface area (Å²) in [6.45, 7) is 18.9. The third kappa shape index (κ3) is 13.7. The zero-order valence-corrected chi connectivity index (χ0v) is 26.6. The van der Waals surface area contributed by atoms with Crippen molar-refractivity contribution in [3.63, 3.8) is 0 Å². The summed E-state index contributed by atoms with van der Waals surface area (Å²) in [6, 6.07) is 18.1. The zero-order chi connectivity index (χ0) is 27.9. The molecule has 2 rings (SSSR count). The molecule has 2 nitrogen and oxygen atoms in total. The van der Waals surface area contributed by atoms with Gasteiger partial charge in [0.25, 0.3) is 0 Å². The third-order valence-electron chi connectivity index (χ3n) is 6.37. The first-order valence-corrected chi connectivity index (χ1v) is 14.5. The Bertz CT molecular complexity index is 958. The summed E-state index contributed by atoms with van der Waals surface area (Å²) in [6.07, 6.45) is 12.2. The molecule has 0 spiro atoms. The zero-order valence-electron chi connectivity index (χ0n) is 25.0. The number of hydrogen-bond donors (Lipinski definition) is 0. The fraction of sp³-hybridized carbons (Fsp3) is 0.486. The predicted molar refractivity (Wildman–Crippen MR) is 165 cm³/mol. The molecule has 0 heterocycles. The van der Waals surface area contributed by atoms with Crippen molar-refractivity contribution in [1.82, 2.24) is 0 Å². The van der Waals surface area contributed by atoms with E-state index >= 15 is 0 Å². The van der Waals surface area contributed by atoms with Gasteiger partial charge in [0.15, 0.2) is 0 Å². The van der Waals surface area contributed by atoms with E-state index in [4.69, 9.17) is 0 Å².